The SMILES string of the molecule is COc1ccc(NC2(CO)CCC(OC)CC2)cc1. The van der Waals surface area contributed by atoms with Gasteiger partial charge in [-0.15, -0.1) is 0 Å². The van der Waals surface area contributed by atoms with Gasteiger partial charge in [-0.05, 0) is 49.9 Å². The highest BCUT2D eigenvalue weighted by atomic mass is 16.5. The molecule has 0 spiro atoms. The molecule has 19 heavy (non-hydrogen) atoms. The molecule has 1 aromatic rings. The van der Waals surface area contributed by atoms with Crippen molar-refractivity contribution in [3.05, 3.63) is 24.3 Å². The summed E-state index contributed by atoms with van der Waals surface area (Å²) in [6.45, 7) is 0.148. The summed E-state index contributed by atoms with van der Waals surface area (Å²) in [4.78, 5) is 0. The molecule has 0 aliphatic heterocycles. The van der Waals surface area contributed by atoms with E-state index in [1.54, 1.807) is 14.2 Å². The van der Waals surface area contributed by atoms with Crippen LogP contribution in [-0.2, 0) is 4.74 Å². The summed E-state index contributed by atoms with van der Waals surface area (Å²) in [7, 11) is 3.41. The molecule has 0 heterocycles. The molecule has 0 saturated heterocycles. The second-order valence-corrected chi connectivity index (χ2v) is 5.23. The zero-order valence-corrected chi connectivity index (χ0v) is 11.7. The first-order valence-corrected chi connectivity index (χ1v) is 6.77. The van der Waals surface area contributed by atoms with Crippen molar-refractivity contribution in [2.24, 2.45) is 0 Å². The van der Waals surface area contributed by atoms with Crippen molar-refractivity contribution in [1.29, 1.82) is 0 Å². The largest absolute Gasteiger partial charge is 0.497 e. The van der Waals surface area contributed by atoms with E-state index in [2.05, 4.69) is 5.32 Å². The van der Waals surface area contributed by atoms with Gasteiger partial charge in [0.1, 0.15) is 5.75 Å². The van der Waals surface area contributed by atoms with E-state index in [1.165, 1.54) is 0 Å². The van der Waals surface area contributed by atoms with Gasteiger partial charge < -0.3 is 19.9 Å². The monoisotopic (exact) mass is 265 g/mol. The molecule has 4 nitrogen and oxygen atoms in total. The first-order valence-electron chi connectivity index (χ1n) is 6.77. The van der Waals surface area contributed by atoms with Crippen molar-refractivity contribution in [3.63, 3.8) is 0 Å². The molecule has 0 atom stereocenters. The maximum absolute atomic E-state index is 9.73. The number of hydrogen-bond donors (Lipinski definition) is 2. The molecule has 2 rings (SSSR count). The summed E-state index contributed by atoms with van der Waals surface area (Å²) < 4.78 is 10.5. The van der Waals surface area contributed by atoms with Crippen molar-refractivity contribution >= 4 is 5.69 Å². The Morgan fingerprint density at radius 2 is 1.84 bits per heavy atom. The fraction of sp³-hybridized carbons (Fsp3) is 0.600. The summed E-state index contributed by atoms with van der Waals surface area (Å²) in [5.41, 5.74) is 0.801. The second kappa shape index (κ2) is 6.26. The zero-order chi connectivity index (χ0) is 13.7. The molecule has 4 heteroatoms. The van der Waals surface area contributed by atoms with Gasteiger partial charge in [-0.3, -0.25) is 0 Å². The molecule has 1 fully saturated rings. The van der Waals surface area contributed by atoms with Gasteiger partial charge in [0.15, 0.2) is 0 Å². The van der Waals surface area contributed by atoms with Gasteiger partial charge in [-0.1, -0.05) is 0 Å². The van der Waals surface area contributed by atoms with Crippen molar-refractivity contribution in [3.8, 4) is 5.75 Å². The van der Waals surface area contributed by atoms with Crippen LogP contribution in [-0.4, -0.2) is 37.6 Å². The molecule has 0 amide bonds. The molecule has 106 valence electrons. The number of anilines is 1. The molecule has 0 radical (unpaired) electrons. The Morgan fingerprint density at radius 3 is 2.32 bits per heavy atom. The van der Waals surface area contributed by atoms with E-state index in [1.807, 2.05) is 24.3 Å². The normalized spacial score (nSPS) is 27.0. The van der Waals surface area contributed by atoms with Gasteiger partial charge in [-0.25, -0.2) is 0 Å². The molecule has 2 N–H and O–H groups in total. The zero-order valence-electron chi connectivity index (χ0n) is 11.7. The summed E-state index contributed by atoms with van der Waals surface area (Å²) >= 11 is 0. The van der Waals surface area contributed by atoms with E-state index in [0.29, 0.717) is 6.10 Å². The number of ether oxygens (including phenoxy) is 2. The van der Waals surface area contributed by atoms with Crippen LogP contribution in [0.3, 0.4) is 0 Å². The van der Waals surface area contributed by atoms with Gasteiger partial charge in [-0.2, -0.15) is 0 Å². The lowest BCUT2D eigenvalue weighted by Crippen LogP contribution is -2.46. The van der Waals surface area contributed by atoms with Crippen LogP contribution in [0.2, 0.25) is 0 Å². The average molecular weight is 265 g/mol. The van der Waals surface area contributed by atoms with Crippen LogP contribution < -0.4 is 10.1 Å². The lowest BCUT2D eigenvalue weighted by Gasteiger charge is -2.40. The van der Waals surface area contributed by atoms with Gasteiger partial charge in [0, 0.05) is 12.8 Å². The van der Waals surface area contributed by atoms with Crippen LogP contribution in [0, 0.1) is 0 Å². The molecule has 1 aromatic carbocycles. The minimum Gasteiger partial charge on any atom is -0.497 e. The minimum atomic E-state index is -0.219. The number of hydrogen-bond acceptors (Lipinski definition) is 4. The highest BCUT2D eigenvalue weighted by Crippen LogP contribution is 2.33. The number of methoxy groups -OCH3 is 2. The maximum Gasteiger partial charge on any atom is 0.119 e. The van der Waals surface area contributed by atoms with E-state index in [0.717, 1.165) is 37.1 Å². The molecule has 1 aliphatic carbocycles. The van der Waals surface area contributed by atoms with Crippen LogP contribution in [0.1, 0.15) is 25.7 Å². The number of aliphatic hydroxyl groups is 1. The Kier molecular flexibility index (Phi) is 4.66. The number of benzene rings is 1. The molecule has 1 aliphatic rings. The molecule has 0 aromatic heterocycles. The molecular formula is C15H23NO3. The smallest absolute Gasteiger partial charge is 0.119 e. The third-order valence-electron chi connectivity index (χ3n) is 4.03. The second-order valence-electron chi connectivity index (χ2n) is 5.23. The number of aliphatic hydroxyl groups excluding tert-OH is 1. The fourth-order valence-corrected chi connectivity index (χ4v) is 2.68. The summed E-state index contributed by atoms with van der Waals surface area (Å²) in [5, 5.41) is 13.2. The molecular weight excluding hydrogens is 242 g/mol. The van der Waals surface area contributed by atoms with Crippen LogP contribution in [0.5, 0.6) is 5.75 Å². The predicted molar refractivity (Wildman–Crippen MR) is 75.7 cm³/mol. The standard InChI is InChI=1S/C15H23NO3/c1-18-13-5-3-12(4-6-13)16-15(11-17)9-7-14(19-2)8-10-15/h3-6,14,16-17H,7-11H2,1-2H3. The topological polar surface area (TPSA) is 50.7 Å². The highest BCUT2D eigenvalue weighted by Gasteiger charge is 2.34. The van der Waals surface area contributed by atoms with Gasteiger partial charge >= 0.3 is 0 Å². The Bertz CT molecular complexity index is 383. The van der Waals surface area contributed by atoms with E-state index < -0.39 is 0 Å². The Balaban J connectivity index is 2.02. The van der Waals surface area contributed by atoms with Gasteiger partial charge in [0.25, 0.3) is 0 Å². The highest BCUT2D eigenvalue weighted by molar-refractivity contribution is 5.48. The van der Waals surface area contributed by atoms with E-state index in [-0.39, 0.29) is 12.1 Å². The van der Waals surface area contributed by atoms with E-state index >= 15 is 0 Å². The Morgan fingerprint density at radius 1 is 1.21 bits per heavy atom. The third kappa shape index (κ3) is 3.39. The summed E-state index contributed by atoms with van der Waals surface area (Å²) in [6.07, 6.45) is 4.15. The van der Waals surface area contributed by atoms with Gasteiger partial charge in [0.05, 0.1) is 25.4 Å². The first-order chi connectivity index (χ1) is 9.21. The minimum absolute atomic E-state index is 0.148. The van der Waals surface area contributed by atoms with Crippen LogP contribution in [0.15, 0.2) is 24.3 Å². The van der Waals surface area contributed by atoms with E-state index in [9.17, 15) is 5.11 Å². The van der Waals surface area contributed by atoms with Crippen LogP contribution in [0.4, 0.5) is 5.69 Å². The Hall–Kier alpha value is -1.26. The van der Waals surface area contributed by atoms with Gasteiger partial charge in [0.2, 0.25) is 0 Å². The molecule has 0 bridgehead atoms. The fourth-order valence-electron chi connectivity index (χ4n) is 2.68. The van der Waals surface area contributed by atoms with Crippen molar-refractivity contribution < 1.29 is 14.6 Å². The van der Waals surface area contributed by atoms with E-state index in [4.69, 9.17) is 9.47 Å². The number of nitrogens with one attached hydrogen (secondary N) is 1. The first kappa shape index (κ1) is 14.2. The summed E-state index contributed by atoms with van der Waals surface area (Å²) in [5.74, 6) is 0.840. The maximum atomic E-state index is 9.73. The average Bonchev–Trinajstić information content (AvgIpc) is 2.49. The van der Waals surface area contributed by atoms with Crippen LogP contribution in [0.25, 0.3) is 0 Å². The van der Waals surface area contributed by atoms with Crippen molar-refractivity contribution in [2.45, 2.75) is 37.3 Å². The van der Waals surface area contributed by atoms with Crippen molar-refractivity contribution in [2.75, 3.05) is 26.1 Å². The molecule has 0 unspecified atom stereocenters. The molecule has 1 saturated carbocycles. The number of rotatable bonds is 5. The van der Waals surface area contributed by atoms with Crippen LogP contribution >= 0.6 is 0 Å². The third-order valence-corrected chi connectivity index (χ3v) is 4.03. The quantitative estimate of drug-likeness (QED) is 0.858. The predicted octanol–water partition coefficient (Wildman–Crippen LogP) is 2.43. The Labute approximate surface area is 114 Å². The lowest BCUT2D eigenvalue weighted by molar-refractivity contribution is 0.0411. The lowest BCUT2D eigenvalue weighted by atomic mass is 9.80. The summed E-state index contributed by atoms with van der Waals surface area (Å²) in [6, 6.07) is 7.82. The van der Waals surface area contributed by atoms with Crippen molar-refractivity contribution in [1.82, 2.24) is 0 Å².